The minimum atomic E-state index is -0.539. The van der Waals surface area contributed by atoms with Crippen LogP contribution in [0.4, 0.5) is 8.78 Å². The topological polar surface area (TPSA) is 43.3 Å². The number of rotatable bonds is 8. The van der Waals surface area contributed by atoms with Gasteiger partial charge < -0.3 is 14.6 Å². The highest BCUT2D eigenvalue weighted by Crippen LogP contribution is 2.30. The Labute approximate surface area is 184 Å². The van der Waals surface area contributed by atoms with Gasteiger partial charge in [0.05, 0.1) is 12.1 Å². The number of fused-ring (bicyclic) bond motifs is 1. The fraction of sp³-hybridized carbons (Fsp3) is 0.115. The van der Waals surface area contributed by atoms with E-state index in [1.54, 1.807) is 28.8 Å². The van der Waals surface area contributed by atoms with Crippen molar-refractivity contribution in [1.29, 1.82) is 0 Å². The maximum Gasteiger partial charge on any atom is 0.268 e. The number of aromatic nitrogens is 1. The smallest absolute Gasteiger partial charge is 0.268 e. The van der Waals surface area contributed by atoms with Gasteiger partial charge in [-0.25, -0.2) is 8.78 Å². The van der Waals surface area contributed by atoms with Crippen molar-refractivity contribution in [2.24, 2.45) is 0 Å². The Bertz CT molecular complexity index is 1270. The largest absolute Gasteiger partial charge is 0.489 e. The van der Waals surface area contributed by atoms with Crippen LogP contribution >= 0.6 is 0 Å². The van der Waals surface area contributed by atoms with Gasteiger partial charge >= 0.3 is 0 Å². The Morgan fingerprint density at radius 2 is 1.84 bits per heavy atom. The highest BCUT2D eigenvalue weighted by Gasteiger charge is 2.19. The second-order valence-corrected chi connectivity index (χ2v) is 7.31. The van der Waals surface area contributed by atoms with Gasteiger partial charge in [-0.2, -0.15) is 0 Å². The number of amides is 1. The molecule has 0 atom stereocenters. The first-order valence-corrected chi connectivity index (χ1v) is 10.2. The number of hydrogen-bond acceptors (Lipinski definition) is 2. The Hall–Kier alpha value is -3.93. The first-order chi connectivity index (χ1) is 15.6. The van der Waals surface area contributed by atoms with E-state index in [0.29, 0.717) is 35.5 Å². The SMILES string of the molecule is C=CCOc1cccc2c1cc(C(=O)NCc1ccccc1)n2Cc1cc(F)ccc1F. The summed E-state index contributed by atoms with van der Waals surface area (Å²) in [6.45, 7) is 4.30. The van der Waals surface area contributed by atoms with Crippen LogP contribution in [-0.2, 0) is 13.1 Å². The average Bonchev–Trinajstić information content (AvgIpc) is 3.18. The summed E-state index contributed by atoms with van der Waals surface area (Å²) in [6.07, 6.45) is 1.63. The van der Waals surface area contributed by atoms with Crippen molar-refractivity contribution >= 4 is 16.8 Å². The maximum absolute atomic E-state index is 14.4. The molecule has 32 heavy (non-hydrogen) atoms. The van der Waals surface area contributed by atoms with Crippen LogP contribution in [0, 0.1) is 11.6 Å². The van der Waals surface area contributed by atoms with Crippen LogP contribution in [0.15, 0.2) is 85.5 Å². The number of carbonyl (C=O) groups excluding carboxylic acids is 1. The van der Waals surface area contributed by atoms with Gasteiger partial charge in [0.1, 0.15) is 29.7 Å². The van der Waals surface area contributed by atoms with Crippen LogP contribution in [-0.4, -0.2) is 17.1 Å². The van der Waals surface area contributed by atoms with Gasteiger partial charge in [-0.3, -0.25) is 4.79 Å². The first-order valence-electron chi connectivity index (χ1n) is 10.2. The van der Waals surface area contributed by atoms with Crippen LogP contribution in [0.25, 0.3) is 10.9 Å². The van der Waals surface area contributed by atoms with Gasteiger partial charge in [-0.05, 0) is 42.0 Å². The lowest BCUT2D eigenvalue weighted by Gasteiger charge is -2.13. The van der Waals surface area contributed by atoms with Crippen molar-refractivity contribution in [2.75, 3.05) is 6.61 Å². The third kappa shape index (κ3) is 4.54. The van der Waals surface area contributed by atoms with Crippen LogP contribution in [0.5, 0.6) is 5.75 Å². The zero-order valence-electron chi connectivity index (χ0n) is 17.4. The molecule has 0 fully saturated rings. The molecule has 0 aliphatic heterocycles. The molecule has 4 nitrogen and oxygen atoms in total. The molecule has 4 rings (SSSR count). The average molecular weight is 432 g/mol. The number of ether oxygens (including phenoxy) is 1. The summed E-state index contributed by atoms with van der Waals surface area (Å²) in [7, 11) is 0. The van der Waals surface area contributed by atoms with Gasteiger partial charge in [0.15, 0.2) is 0 Å². The normalized spacial score (nSPS) is 10.8. The number of hydrogen-bond donors (Lipinski definition) is 1. The van der Waals surface area contributed by atoms with Crippen LogP contribution in [0.1, 0.15) is 21.6 Å². The van der Waals surface area contributed by atoms with Gasteiger partial charge in [-0.1, -0.05) is 49.1 Å². The molecular formula is C26H22F2N2O2. The standard InChI is InChI=1S/C26H22F2N2O2/c1-2-13-32-25-10-6-9-23-21(25)15-24(26(31)29-16-18-7-4-3-5-8-18)30(23)17-19-14-20(27)11-12-22(19)28/h2-12,14-15H,1,13,16-17H2,(H,29,31). The van der Waals surface area contributed by atoms with E-state index in [2.05, 4.69) is 11.9 Å². The van der Waals surface area contributed by atoms with Crippen molar-refractivity contribution in [3.8, 4) is 5.75 Å². The summed E-state index contributed by atoms with van der Waals surface area (Å²) in [5.74, 6) is -0.819. The molecule has 6 heteroatoms. The molecule has 0 radical (unpaired) electrons. The molecule has 0 bridgehead atoms. The molecule has 0 unspecified atom stereocenters. The summed E-state index contributed by atoms with van der Waals surface area (Å²) in [5, 5.41) is 3.61. The van der Waals surface area contributed by atoms with Gasteiger partial charge in [0, 0.05) is 17.5 Å². The van der Waals surface area contributed by atoms with E-state index in [9.17, 15) is 13.6 Å². The van der Waals surface area contributed by atoms with Crippen LogP contribution in [0.2, 0.25) is 0 Å². The quantitative estimate of drug-likeness (QED) is 0.376. The molecule has 0 saturated carbocycles. The lowest BCUT2D eigenvalue weighted by atomic mass is 10.2. The second kappa shape index (κ2) is 9.47. The van der Waals surface area contributed by atoms with E-state index < -0.39 is 11.6 Å². The minimum absolute atomic E-state index is 0.00784. The van der Waals surface area contributed by atoms with Gasteiger partial charge in [0.25, 0.3) is 5.91 Å². The molecule has 1 amide bonds. The van der Waals surface area contributed by atoms with E-state index in [-0.39, 0.29) is 18.0 Å². The number of carbonyl (C=O) groups is 1. The number of nitrogens with one attached hydrogen (secondary N) is 1. The predicted octanol–water partition coefficient (Wildman–Crippen LogP) is 5.46. The van der Waals surface area contributed by atoms with E-state index in [0.717, 1.165) is 23.8 Å². The lowest BCUT2D eigenvalue weighted by molar-refractivity contribution is 0.0942. The Morgan fingerprint density at radius 3 is 2.62 bits per heavy atom. The van der Waals surface area contributed by atoms with E-state index in [1.807, 2.05) is 36.4 Å². The number of nitrogens with zero attached hydrogens (tertiary/aromatic N) is 1. The van der Waals surface area contributed by atoms with E-state index >= 15 is 0 Å². The number of halogens is 2. The Balaban J connectivity index is 1.75. The van der Waals surface area contributed by atoms with Crippen molar-refractivity contribution in [3.63, 3.8) is 0 Å². The number of benzene rings is 3. The zero-order valence-corrected chi connectivity index (χ0v) is 17.4. The minimum Gasteiger partial charge on any atom is -0.489 e. The lowest BCUT2D eigenvalue weighted by Crippen LogP contribution is -2.25. The molecule has 3 aromatic carbocycles. The maximum atomic E-state index is 14.4. The van der Waals surface area contributed by atoms with Crippen molar-refractivity contribution < 1.29 is 18.3 Å². The third-order valence-electron chi connectivity index (χ3n) is 5.13. The van der Waals surface area contributed by atoms with Crippen molar-refractivity contribution in [1.82, 2.24) is 9.88 Å². The summed E-state index contributed by atoms with van der Waals surface area (Å²) < 4.78 is 35.6. The van der Waals surface area contributed by atoms with Crippen LogP contribution < -0.4 is 10.1 Å². The highest BCUT2D eigenvalue weighted by molar-refractivity contribution is 6.00. The third-order valence-corrected chi connectivity index (χ3v) is 5.13. The van der Waals surface area contributed by atoms with Crippen molar-refractivity contribution in [3.05, 3.63) is 114 Å². The second-order valence-electron chi connectivity index (χ2n) is 7.31. The zero-order chi connectivity index (χ0) is 22.5. The molecule has 1 heterocycles. The molecule has 1 N–H and O–H groups in total. The molecule has 0 spiro atoms. The predicted molar refractivity (Wildman–Crippen MR) is 121 cm³/mol. The summed E-state index contributed by atoms with van der Waals surface area (Å²) in [5.41, 5.74) is 2.11. The molecule has 0 aliphatic rings. The molecule has 1 aromatic heterocycles. The summed E-state index contributed by atoms with van der Waals surface area (Å²) in [6, 6.07) is 20.0. The Kier molecular flexibility index (Phi) is 6.31. The fourth-order valence-electron chi connectivity index (χ4n) is 3.59. The Morgan fingerprint density at radius 1 is 1.03 bits per heavy atom. The monoisotopic (exact) mass is 432 g/mol. The van der Waals surface area contributed by atoms with Crippen molar-refractivity contribution in [2.45, 2.75) is 13.1 Å². The highest BCUT2D eigenvalue weighted by atomic mass is 19.1. The summed E-state index contributed by atoms with van der Waals surface area (Å²) >= 11 is 0. The van der Waals surface area contributed by atoms with Crippen LogP contribution in [0.3, 0.4) is 0 Å². The van der Waals surface area contributed by atoms with Gasteiger partial charge in [0.2, 0.25) is 0 Å². The molecular weight excluding hydrogens is 410 g/mol. The molecule has 0 saturated heterocycles. The van der Waals surface area contributed by atoms with E-state index in [1.165, 1.54) is 0 Å². The first kappa shape index (κ1) is 21.3. The molecule has 162 valence electrons. The summed E-state index contributed by atoms with van der Waals surface area (Å²) in [4.78, 5) is 13.1. The fourth-order valence-corrected chi connectivity index (χ4v) is 3.59. The molecule has 0 aliphatic carbocycles. The van der Waals surface area contributed by atoms with Gasteiger partial charge in [-0.15, -0.1) is 0 Å². The van der Waals surface area contributed by atoms with E-state index in [4.69, 9.17) is 4.74 Å². The molecule has 4 aromatic rings.